The Hall–Kier alpha value is -3.75. The van der Waals surface area contributed by atoms with Crippen LogP contribution in [0.1, 0.15) is 57.1 Å². The van der Waals surface area contributed by atoms with Gasteiger partial charge in [0.05, 0.1) is 18.4 Å². The van der Waals surface area contributed by atoms with Crippen LogP contribution in [0.5, 0.6) is 5.75 Å². The van der Waals surface area contributed by atoms with E-state index in [0.29, 0.717) is 56.2 Å². The highest BCUT2D eigenvalue weighted by molar-refractivity contribution is 5.72. The van der Waals surface area contributed by atoms with Crippen molar-refractivity contribution in [3.8, 4) is 17.0 Å². The van der Waals surface area contributed by atoms with Crippen LogP contribution in [0, 0.1) is 11.6 Å². The molecule has 2 aliphatic rings. The fourth-order valence-electron chi connectivity index (χ4n) is 5.05. The highest BCUT2D eigenvalue weighted by Crippen LogP contribution is 2.39. The van der Waals surface area contributed by atoms with Crippen molar-refractivity contribution in [3.05, 3.63) is 70.7 Å². The third-order valence-corrected chi connectivity index (χ3v) is 6.90. The molecule has 0 spiro atoms. The summed E-state index contributed by atoms with van der Waals surface area (Å²) in [5, 5.41) is 0. The van der Waals surface area contributed by atoms with E-state index in [4.69, 9.17) is 9.47 Å². The fraction of sp³-hybridized carbons (Fsp3) is 0.433. The number of halogens is 2. The number of anilines is 1. The summed E-state index contributed by atoms with van der Waals surface area (Å²) in [6.07, 6.45) is 1.93. The summed E-state index contributed by atoms with van der Waals surface area (Å²) in [6, 6.07) is 9.21. The third-order valence-electron chi connectivity index (χ3n) is 6.90. The van der Waals surface area contributed by atoms with E-state index in [1.54, 1.807) is 11.0 Å². The summed E-state index contributed by atoms with van der Waals surface area (Å²) in [4.78, 5) is 24.9. The zero-order chi connectivity index (χ0) is 27.9. The van der Waals surface area contributed by atoms with Gasteiger partial charge in [-0.25, -0.2) is 23.5 Å². The van der Waals surface area contributed by atoms with Crippen molar-refractivity contribution >= 4 is 11.8 Å². The highest BCUT2D eigenvalue weighted by Gasteiger charge is 2.27. The van der Waals surface area contributed by atoms with Crippen molar-refractivity contribution < 1.29 is 23.0 Å². The lowest BCUT2D eigenvalue weighted by Crippen LogP contribution is -2.39. The van der Waals surface area contributed by atoms with Crippen LogP contribution in [0.2, 0.25) is 0 Å². The monoisotopic (exact) mass is 536 g/mol. The predicted octanol–water partition coefficient (Wildman–Crippen LogP) is 5.91. The van der Waals surface area contributed by atoms with Gasteiger partial charge in [-0.15, -0.1) is 0 Å². The van der Waals surface area contributed by atoms with Crippen molar-refractivity contribution in [2.45, 2.75) is 65.6 Å². The minimum absolute atomic E-state index is 0.0574. The van der Waals surface area contributed by atoms with Crippen molar-refractivity contribution in [1.82, 2.24) is 14.9 Å². The van der Waals surface area contributed by atoms with Crippen molar-refractivity contribution in [1.29, 1.82) is 0 Å². The smallest absolute Gasteiger partial charge is 0.410 e. The van der Waals surface area contributed by atoms with Crippen molar-refractivity contribution in [2.75, 3.05) is 24.6 Å². The molecule has 0 fully saturated rings. The van der Waals surface area contributed by atoms with E-state index in [1.165, 1.54) is 6.07 Å². The molecular weight excluding hydrogens is 502 g/mol. The molecule has 1 aromatic heterocycles. The van der Waals surface area contributed by atoms with Gasteiger partial charge in [0.1, 0.15) is 23.7 Å². The Morgan fingerprint density at radius 3 is 2.64 bits per heavy atom. The zero-order valence-corrected chi connectivity index (χ0v) is 23.1. The minimum atomic E-state index is -0.612. The van der Waals surface area contributed by atoms with Crippen LogP contribution in [-0.2, 0) is 24.1 Å². The van der Waals surface area contributed by atoms with E-state index in [2.05, 4.69) is 16.0 Å². The topological polar surface area (TPSA) is 67.8 Å². The summed E-state index contributed by atoms with van der Waals surface area (Å²) < 4.78 is 41.0. The Bertz CT molecular complexity index is 1400. The molecule has 0 aliphatic carbocycles. The molecule has 3 aromatic rings. The Morgan fingerprint density at radius 1 is 1.10 bits per heavy atom. The highest BCUT2D eigenvalue weighted by atomic mass is 19.1. The summed E-state index contributed by atoms with van der Waals surface area (Å²) in [5.41, 5.74) is 3.66. The van der Waals surface area contributed by atoms with E-state index in [0.717, 1.165) is 22.9 Å². The molecule has 0 saturated heterocycles. The summed E-state index contributed by atoms with van der Waals surface area (Å²) in [5.74, 6) is -0.526. The Balaban J connectivity index is 1.37. The SMILES string of the molecule is CC(C)N1CCOc2c(F)cc(-c3nc(Cc4ccc5c(c4)CCN(C(=O)OC(C)(C)C)C5)ncc3F)cc21. The Labute approximate surface area is 227 Å². The number of rotatable bonds is 4. The second-order valence-corrected chi connectivity index (χ2v) is 11.4. The maximum Gasteiger partial charge on any atom is 0.410 e. The van der Waals surface area contributed by atoms with Crippen LogP contribution in [0.4, 0.5) is 19.3 Å². The molecule has 7 nitrogen and oxygen atoms in total. The van der Waals surface area contributed by atoms with Crippen LogP contribution in [0.25, 0.3) is 11.3 Å². The molecule has 3 heterocycles. The van der Waals surface area contributed by atoms with E-state index in [9.17, 15) is 9.18 Å². The summed E-state index contributed by atoms with van der Waals surface area (Å²) in [6.45, 7) is 11.7. The Kier molecular flexibility index (Phi) is 7.18. The third kappa shape index (κ3) is 5.82. The van der Waals surface area contributed by atoms with Gasteiger partial charge in [-0.1, -0.05) is 18.2 Å². The summed E-state index contributed by atoms with van der Waals surface area (Å²) >= 11 is 0. The second-order valence-electron chi connectivity index (χ2n) is 11.4. The van der Waals surface area contributed by atoms with Crippen LogP contribution in [0.3, 0.4) is 0 Å². The van der Waals surface area contributed by atoms with Gasteiger partial charge in [0, 0.05) is 31.1 Å². The second kappa shape index (κ2) is 10.4. The molecule has 0 unspecified atom stereocenters. The maximum atomic E-state index is 15.0. The number of amides is 1. The lowest BCUT2D eigenvalue weighted by molar-refractivity contribution is 0.0224. The van der Waals surface area contributed by atoms with Gasteiger partial charge >= 0.3 is 6.09 Å². The molecule has 5 rings (SSSR count). The largest absolute Gasteiger partial charge is 0.486 e. The van der Waals surface area contributed by atoms with Crippen LogP contribution in [-0.4, -0.2) is 52.3 Å². The number of aromatic nitrogens is 2. The van der Waals surface area contributed by atoms with Gasteiger partial charge in [-0.05, 0) is 69.9 Å². The van der Waals surface area contributed by atoms with Crippen LogP contribution >= 0.6 is 0 Å². The number of carbonyl (C=O) groups excluding carboxylic acids is 1. The van der Waals surface area contributed by atoms with Crippen molar-refractivity contribution in [2.24, 2.45) is 0 Å². The molecule has 1 amide bonds. The molecule has 39 heavy (non-hydrogen) atoms. The lowest BCUT2D eigenvalue weighted by atomic mass is 9.96. The van der Waals surface area contributed by atoms with E-state index < -0.39 is 17.2 Å². The number of hydrogen-bond acceptors (Lipinski definition) is 6. The molecule has 2 aliphatic heterocycles. The first-order valence-electron chi connectivity index (χ1n) is 13.3. The molecule has 0 atom stereocenters. The zero-order valence-electron chi connectivity index (χ0n) is 23.1. The quantitative estimate of drug-likeness (QED) is 0.413. The number of benzene rings is 2. The van der Waals surface area contributed by atoms with Crippen LogP contribution < -0.4 is 9.64 Å². The first-order chi connectivity index (χ1) is 18.5. The molecule has 0 bridgehead atoms. The molecule has 2 aromatic carbocycles. The maximum absolute atomic E-state index is 15.0. The summed E-state index contributed by atoms with van der Waals surface area (Å²) in [7, 11) is 0. The molecular formula is C30H34F2N4O3. The minimum Gasteiger partial charge on any atom is -0.486 e. The predicted molar refractivity (Wildman–Crippen MR) is 145 cm³/mol. The average Bonchev–Trinajstić information content (AvgIpc) is 2.88. The molecule has 206 valence electrons. The van der Waals surface area contributed by atoms with E-state index >= 15 is 4.39 Å². The van der Waals surface area contributed by atoms with Crippen molar-refractivity contribution in [3.63, 3.8) is 0 Å². The standard InChI is InChI=1S/C30H34F2N4O3/c1-18(2)36-10-11-38-28-23(31)14-22(15-25(28)36)27-24(32)16-33-26(34-27)13-19-6-7-21-17-35(9-8-20(21)12-19)29(37)39-30(3,4)5/h6-7,12,14-16,18H,8-11,13,17H2,1-5H3. The number of nitrogens with zero attached hydrogens (tertiary/aromatic N) is 4. The lowest BCUT2D eigenvalue weighted by Gasteiger charge is -2.34. The van der Waals surface area contributed by atoms with Gasteiger partial charge in [-0.2, -0.15) is 0 Å². The fourth-order valence-corrected chi connectivity index (χ4v) is 5.05. The van der Waals surface area contributed by atoms with Gasteiger partial charge in [-0.3, -0.25) is 0 Å². The molecule has 0 saturated carbocycles. The first-order valence-corrected chi connectivity index (χ1v) is 13.3. The van der Waals surface area contributed by atoms with Crippen LogP contribution in [0.15, 0.2) is 36.5 Å². The Morgan fingerprint density at radius 2 is 1.90 bits per heavy atom. The van der Waals surface area contributed by atoms with Gasteiger partial charge in [0.25, 0.3) is 0 Å². The molecule has 9 heteroatoms. The molecule has 0 radical (unpaired) electrons. The average molecular weight is 537 g/mol. The van der Waals surface area contributed by atoms with E-state index in [-0.39, 0.29) is 23.6 Å². The number of ether oxygens (including phenoxy) is 2. The van der Waals surface area contributed by atoms with E-state index in [1.807, 2.05) is 51.7 Å². The number of hydrogen-bond donors (Lipinski definition) is 0. The normalized spacial score (nSPS) is 15.1. The number of fused-ring (bicyclic) bond motifs is 2. The first kappa shape index (κ1) is 26.8. The molecule has 0 N–H and O–H groups in total. The number of carbonyl (C=O) groups is 1. The van der Waals surface area contributed by atoms with Gasteiger partial charge in [0.2, 0.25) is 0 Å². The van der Waals surface area contributed by atoms with Gasteiger partial charge in [0.15, 0.2) is 17.4 Å². The van der Waals surface area contributed by atoms with Gasteiger partial charge < -0.3 is 19.3 Å².